The van der Waals surface area contributed by atoms with Crippen molar-refractivity contribution in [3.63, 3.8) is 0 Å². The monoisotopic (exact) mass is 546 g/mol. The summed E-state index contributed by atoms with van der Waals surface area (Å²) in [6.07, 6.45) is 3.98. The number of carbonyl (C=O) groups excluding carboxylic acids is 3. The second-order valence-corrected chi connectivity index (χ2v) is 9.27. The van der Waals surface area contributed by atoms with E-state index < -0.39 is 14.2 Å². The van der Waals surface area contributed by atoms with Crippen LogP contribution in [0.3, 0.4) is 0 Å². The highest BCUT2D eigenvalue weighted by Crippen LogP contribution is 2.14. The third-order valence-electron chi connectivity index (χ3n) is 6.53. The van der Waals surface area contributed by atoms with Gasteiger partial charge < -0.3 is 19.4 Å². The Bertz CT molecular complexity index is 1540. The van der Waals surface area contributed by atoms with Gasteiger partial charge in [0.05, 0.1) is 13.2 Å². The number of allylic oxidation sites excluding steroid dienone is 1. The fourth-order valence-electron chi connectivity index (χ4n) is 4.41. The standard InChI is InChI=1S/C16H13BO3.C8H7BO3.C8H8O/c18-15(12-5-2-1-3-6-12)10-9-13-7-4-8-14-11-20-17(19)16(13)14;10-4-6-2-1-3-7-5-12-9(11)8(6)7;1-7(9)8-5-3-2-4-6-8/h1-10,19H,11H2;1-4,11H,5H2;2-6H,1H3/b10-9+;;. The van der Waals surface area contributed by atoms with Crippen LogP contribution in [0.5, 0.6) is 0 Å². The van der Waals surface area contributed by atoms with Gasteiger partial charge in [-0.05, 0) is 40.6 Å². The molecule has 0 aliphatic carbocycles. The quantitative estimate of drug-likeness (QED) is 0.171. The average Bonchev–Trinajstić information content (AvgIpc) is 3.60. The lowest BCUT2D eigenvalue weighted by Gasteiger charge is -2.03. The molecule has 41 heavy (non-hydrogen) atoms. The molecule has 0 spiro atoms. The summed E-state index contributed by atoms with van der Waals surface area (Å²) in [5.41, 5.74) is 5.98. The molecule has 9 heteroatoms. The Labute approximate surface area is 239 Å². The Morgan fingerprint density at radius 3 is 1.66 bits per heavy atom. The van der Waals surface area contributed by atoms with Crippen molar-refractivity contribution in [1.29, 1.82) is 0 Å². The fraction of sp³-hybridized carbons (Fsp3) is 0.0938. The van der Waals surface area contributed by atoms with Gasteiger partial charge in [-0.1, -0.05) is 103 Å². The summed E-state index contributed by atoms with van der Waals surface area (Å²) >= 11 is 0. The van der Waals surface area contributed by atoms with Crippen molar-refractivity contribution in [2.45, 2.75) is 20.1 Å². The van der Waals surface area contributed by atoms with Gasteiger partial charge in [-0.15, -0.1) is 0 Å². The van der Waals surface area contributed by atoms with Gasteiger partial charge in [0.2, 0.25) is 0 Å². The van der Waals surface area contributed by atoms with Crippen molar-refractivity contribution in [2.24, 2.45) is 0 Å². The number of ketones is 2. The molecule has 0 aromatic heterocycles. The molecule has 2 N–H and O–H groups in total. The smallest absolute Gasteiger partial charge is 0.423 e. The number of aldehydes is 1. The van der Waals surface area contributed by atoms with E-state index in [0.29, 0.717) is 29.8 Å². The van der Waals surface area contributed by atoms with Crippen molar-refractivity contribution >= 4 is 49.1 Å². The van der Waals surface area contributed by atoms with Crippen LogP contribution in [-0.4, -0.2) is 42.1 Å². The van der Waals surface area contributed by atoms with Gasteiger partial charge in [0, 0.05) is 16.7 Å². The summed E-state index contributed by atoms with van der Waals surface area (Å²) in [5.74, 6) is 0.0622. The molecule has 204 valence electrons. The molecule has 0 fully saturated rings. The normalized spacial score (nSPS) is 13.0. The highest BCUT2D eigenvalue weighted by Gasteiger charge is 2.30. The summed E-state index contributed by atoms with van der Waals surface area (Å²) in [6.45, 7) is 2.36. The maximum atomic E-state index is 12.0. The van der Waals surface area contributed by atoms with Gasteiger partial charge >= 0.3 is 14.2 Å². The van der Waals surface area contributed by atoms with Crippen molar-refractivity contribution in [3.8, 4) is 0 Å². The lowest BCUT2D eigenvalue weighted by atomic mass is 9.76. The molecule has 0 saturated heterocycles. The van der Waals surface area contributed by atoms with E-state index in [1.165, 1.54) is 6.08 Å². The maximum absolute atomic E-state index is 12.0. The van der Waals surface area contributed by atoms with Crippen LogP contribution in [0.2, 0.25) is 0 Å². The van der Waals surface area contributed by atoms with E-state index in [1.54, 1.807) is 37.3 Å². The SMILES string of the molecule is CC(=O)c1ccccc1.O=C(/C=C/c1cccc2c1B(O)OC2)c1ccccc1.O=Cc1cccc2c1B(O)OC2. The molecule has 7 nitrogen and oxygen atoms in total. The van der Waals surface area contributed by atoms with Crippen molar-refractivity contribution in [2.75, 3.05) is 0 Å². The van der Waals surface area contributed by atoms with Crippen LogP contribution in [0.4, 0.5) is 0 Å². The summed E-state index contributed by atoms with van der Waals surface area (Å²) < 4.78 is 10.2. The van der Waals surface area contributed by atoms with E-state index in [1.807, 2.05) is 72.8 Å². The predicted molar refractivity (Wildman–Crippen MR) is 159 cm³/mol. The van der Waals surface area contributed by atoms with Crippen LogP contribution >= 0.6 is 0 Å². The van der Waals surface area contributed by atoms with Gasteiger partial charge in [-0.3, -0.25) is 14.4 Å². The van der Waals surface area contributed by atoms with Crippen LogP contribution in [0.15, 0.2) is 103 Å². The molecule has 0 saturated carbocycles. The van der Waals surface area contributed by atoms with Crippen molar-refractivity contribution in [3.05, 3.63) is 137 Å². The topological polar surface area (TPSA) is 110 Å². The first-order valence-electron chi connectivity index (χ1n) is 13.0. The van der Waals surface area contributed by atoms with E-state index in [9.17, 15) is 24.4 Å². The minimum absolute atomic E-state index is 0.0587. The van der Waals surface area contributed by atoms with E-state index in [2.05, 4.69) is 0 Å². The van der Waals surface area contributed by atoms with Crippen LogP contribution in [0.1, 0.15) is 54.7 Å². The van der Waals surface area contributed by atoms with Crippen molar-refractivity contribution in [1.82, 2.24) is 0 Å². The Morgan fingerprint density at radius 2 is 1.17 bits per heavy atom. The third-order valence-corrected chi connectivity index (χ3v) is 6.53. The number of carbonyl (C=O) groups is 3. The molecule has 6 rings (SSSR count). The maximum Gasteiger partial charge on any atom is 0.492 e. The Morgan fingerprint density at radius 1 is 0.683 bits per heavy atom. The predicted octanol–water partition coefficient (Wildman–Crippen LogP) is 3.41. The first kappa shape index (κ1) is 29.6. The van der Waals surface area contributed by atoms with Crippen LogP contribution in [-0.2, 0) is 22.5 Å². The van der Waals surface area contributed by atoms with Gasteiger partial charge in [-0.2, -0.15) is 0 Å². The molecule has 4 aromatic carbocycles. The highest BCUT2D eigenvalue weighted by atomic mass is 16.5. The zero-order valence-electron chi connectivity index (χ0n) is 22.5. The lowest BCUT2D eigenvalue weighted by molar-refractivity contribution is 0.101. The van der Waals surface area contributed by atoms with Crippen LogP contribution < -0.4 is 10.9 Å². The Hall–Kier alpha value is -4.40. The number of benzene rings is 4. The molecule has 0 unspecified atom stereocenters. The molecule has 0 atom stereocenters. The third kappa shape index (κ3) is 7.63. The lowest BCUT2D eigenvalue weighted by Crippen LogP contribution is -2.31. The molecule has 0 amide bonds. The minimum Gasteiger partial charge on any atom is -0.423 e. The van der Waals surface area contributed by atoms with E-state index in [0.717, 1.165) is 34.0 Å². The molecule has 4 aromatic rings. The molecule has 2 aliphatic heterocycles. The van der Waals surface area contributed by atoms with Gasteiger partial charge in [-0.25, -0.2) is 0 Å². The molecular formula is C32H28B2O7. The Kier molecular flexibility index (Phi) is 10.3. The largest absolute Gasteiger partial charge is 0.492 e. The Balaban J connectivity index is 0.000000156. The van der Waals surface area contributed by atoms with Crippen LogP contribution in [0.25, 0.3) is 6.08 Å². The number of hydrogen-bond acceptors (Lipinski definition) is 7. The summed E-state index contributed by atoms with van der Waals surface area (Å²) in [5, 5.41) is 19.1. The zero-order chi connectivity index (χ0) is 29.2. The number of fused-ring (bicyclic) bond motifs is 2. The zero-order valence-corrected chi connectivity index (χ0v) is 22.5. The van der Waals surface area contributed by atoms with Gasteiger partial charge in [0.1, 0.15) is 6.29 Å². The molecule has 0 radical (unpaired) electrons. The summed E-state index contributed by atoms with van der Waals surface area (Å²) in [4.78, 5) is 33.2. The van der Waals surface area contributed by atoms with E-state index in [-0.39, 0.29) is 11.6 Å². The first-order chi connectivity index (χ1) is 19.9. The highest BCUT2D eigenvalue weighted by molar-refractivity contribution is 6.63. The second-order valence-electron chi connectivity index (χ2n) is 9.27. The fourth-order valence-corrected chi connectivity index (χ4v) is 4.41. The molecule has 2 heterocycles. The van der Waals surface area contributed by atoms with Gasteiger partial charge in [0.15, 0.2) is 11.6 Å². The first-order valence-corrected chi connectivity index (χ1v) is 13.0. The summed E-state index contributed by atoms with van der Waals surface area (Å²) in [7, 11) is -1.83. The van der Waals surface area contributed by atoms with Crippen molar-refractivity contribution < 1.29 is 33.7 Å². The average molecular weight is 546 g/mol. The van der Waals surface area contributed by atoms with Gasteiger partial charge in [0.25, 0.3) is 0 Å². The minimum atomic E-state index is -0.929. The number of hydrogen-bond donors (Lipinski definition) is 2. The molecule has 0 bridgehead atoms. The van der Waals surface area contributed by atoms with Crippen LogP contribution in [0, 0.1) is 0 Å². The van der Waals surface area contributed by atoms with E-state index >= 15 is 0 Å². The molecular weight excluding hydrogens is 518 g/mol. The number of Topliss-reactive ketones (excluding diaryl/α,β-unsaturated/α-hetero) is 1. The number of rotatable bonds is 5. The van der Waals surface area contributed by atoms with E-state index in [4.69, 9.17) is 9.31 Å². The summed E-state index contributed by atoms with van der Waals surface area (Å²) in [6, 6.07) is 29.3. The second kappa shape index (κ2) is 14.3. The molecule has 2 aliphatic rings.